The smallest absolute Gasteiger partial charge is 0.129 e. The van der Waals surface area contributed by atoms with E-state index in [0.29, 0.717) is 20.1 Å². The molecule has 100 valence electrons. The van der Waals surface area contributed by atoms with Gasteiger partial charge < -0.3 is 0 Å². The van der Waals surface area contributed by atoms with E-state index in [1.165, 1.54) is 6.07 Å². The Morgan fingerprint density at radius 3 is 2.42 bits per heavy atom. The highest BCUT2D eigenvalue weighted by Gasteiger charge is 2.17. The molecule has 2 aromatic carbocycles. The molecule has 0 spiro atoms. The van der Waals surface area contributed by atoms with Crippen molar-refractivity contribution in [2.75, 3.05) is 0 Å². The number of rotatable bonds is 2. The fourth-order valence-electron chi connectivity index (χ4n) is 1.82. The molecule has 0 heterocycles. The van der Waals surface area contributed by atoms with Gasteiger partial charge in [-0.1, -0.05) is 45.2 Å². The molecule has 5 heteroatoms. The minimum Gasteiger partial charge on any atom is -0.207 e. The summed E-state index contributed by atoms with van der Waals surface area (Å²) in [4.78, 5) is -0.296. The SMILES string of the molecule is Cc1cc(Cl)cc(C(Br)c2cc(Cl)c(Br)cc2F)c1. The lowest BCUT2D eigenvalue weighted by atomic mass is 10.0. The summed E-state index contributed by atoms with van der Waals surface area (Å²) < 4.78 is 14.6. The lowest BCUT2D eigenvalue weighted by Crippen LogP contribution is -1.98. The maximum absolute atomic E-state index is 14.0. The van der Waals surface area contributed by atoms with Crippen molar-refractivity contribution in [3.05, 3.63) is 67.4 Å². The summed E-state index contributed by atoms with van der Waals surface area (Å²) in [6, 6.07) is 8.60. The molecule has 19 heavy (non-hydrogen) atoms. The second-order valence-corrected chi connectivity index (χ2v) is 6.83. The number of aryl methyl sites for hydroxylation is 1. The Balaban J connectivity index is 2.49. The first-order valence-corrected chi connectivity index (χ1v) is 7.90. The van der Waals surface area contributed by atoms with Gasteiger partial charge in [0.2, 0.25) is 0 Å². The minimum atomic E-state index is -0.323. The fourth-order valence-corrected chi connectivity index (χ4v) is 3.22. The van der Waals surface area contributed by atoms with Crippen molar-refractivity contribution in [2.24, 2.45) is 0 Å². The molecule has 0 fully saturated rings. The van der Waals surface area contributed by atoms with Crippen LogP contribution in [0, 0.1) is 12.7 Å². The molecule has 1 atom stereocenters. The van der Waals surface area contributed by atoms with Crippen LogP contribution >= 0.6 is 55.1 Å². The molecule has 0 saturated heterocycles. The monoisotopic (exact) mass is 424 g/mol. The van der Waals surface area contributed by atoms with Crippen LogP contribution in [-0.2, 0) is 0 Å². The van der Waals surface area contributed by atoms with Crippen molar-refractivity contribution in [1.82, 2.24) is 0 Å². The van der Waals surface area contributed by atoms with E-state index < -0.39 is 0 Å². The minimum absolute atomic E-state index is 0.296. The molecule has 0 saturated carbocycles. The Hall–Kier alpha value is -0.0900. The van der Waals surface area contributed by atoms with Crippen LogP contribution < -0.4 is 0 Å². The lowest BCUT2D eigenvalue weighted by molar-refractivity contribution is 0.612. The van der Waals surface area contributed by atoms with E-state index in [0.717, 1.165) is 11.1 Å². The molecule has 0 bridgehead atoms. The summed E-state index contributed by atoms with van der Waals surface area (Å²) >= 11 is 18.7. The van der Waals surface area contributed by atoms with Crippen LogP contribution in [0.5, 0.6) is 0 Å². The number of hydrogen-bond acceptors (Lipinski definition) is 0. The Kier molecular flexibility index (Phi) is 4.93. The molecule has 0 nitrogen and oxygen atoms in total. The van der Waals surface area contributed by atoms with Crippen LogP contribution in [0.15, 0.2) is 34.8 Å². The van der Waals surface area contributed by atoms with Crippen LogP contribution in [0.2, 0.25) is 10.0 Å². The predicted octanol–water partition coefficient (Wildman–Crippen LogP) is 6.69. The van der Waals surface area contributed by atoms with Gasteiger partial charge in [0, 0.05) is 15.1 Å². The van der Waals surface area contributed by atoms with Crippen molar-refractivity contribution >= 4 is 55.1 Å². The van der Waals surface area contributed by atoms with Crippen LogP contribution in [0.4, 0.5) is 4.39 Å². The first-order chi connectivity index (χ1) is 8.88. The molecule has 2 rings (SSSR count). The van der Waals surface area contributed by atoms with E-state index in [1.807, 2.05) is 25.1 Å². The summed E-state index contributed by atoms with van der Waals surface area (Å²) in [6.45, 7) is 1.94. The Morgan fingerprint density at radius 2 is 1.79 bits per heavy atom. The highest BCUT2D eigenvalue weighted by molar-refractivity contribution is 9.10. The molecule has 1 unspecified atom stereocenters. The predicted molar refractivity (Wildman–Crippen MR) is 86.1 cm³/mol. The summed E-state index contributed by atoms with van der Waals surface area (Å²) in [7, 11) is 0. The highest BCUT2D eigenvalue weighted by Crippen LogP contribution is 2.37. The summed E-state index contributed by atoms with van der Waals surface area (Å²) in [6.07, 6.45) is 0. The van der Waals surface area contributed by atoms with Gasteiger partial charge in [-0.2, -0.15) is 0 Å². The second-order valence-electron chi connectivity index (χ2n) is 4.21. The molecule has 0 aliphatic heterocycles. The second kappa shape index (κ2) is 6.13. The fraction of sp³-hybridized carbons (Fsp3) is 0.143. The van der Waals surface area contributed by atoms with Gasteiger partial charge in [0.05, 0.1) is 9.85 Å². The molecule has 0 radical (unpaired) electrons. The maximum atomic E-state index is 14.0. The van der Waals surface area contributed by atoms with Gasteiger partial charge in [-0.15, -0.1) is 0 Å². The Bertz CT molecular complexity index is 609. The van der Waals surface area contributed by atoms with Gasteiger partial charge in [-0.25, -0.2) is 4.39 Å². The molecule has 2 aromatic rings. The average molecular weight is 427 g/mol. The third kappa shape index (κ3) is 3.52. The topological polar surface area (TPSA) is 0 Å². The standard InChI is InChI=1S/C14H9Br2Cl2F/c1-7-2-8(4-9(17)3-7)14(16)10-5-12(18)11(15)6-13(10)19/h2-6,14H,1H3. The van der Waals surface area contributed by atoms with Gasteiger partial charge in [0.15, 0.2) is 0 Å². The van der Waals surface area contributed by atoms with Crippen LogP contribution in [0.1, 0.15) is 21.5 Å². The van der Waals surface area contributed by atoms with Crippen LogP contribution in [0.25, 0.3) is 0 Å². The van der Waals surface area contributed by atoms with Gasteiger partial charge in [-0.3, -0.25) is 0 Å². The summed E-state index contributed by atoms with van der Waals surface area (Å²) in [5.41, 5.74) is 2.40. The zero-order valence-corrected chi connectivity index (χ0v) is 14.5. The van der Waals surface area contributed by atoms with Crippen molar-refractivity contribution in [3.8, 4) is 0 Å². The van der Waals surface area contributed by atoms with Crippen molar-refractivity contribution in [2.45, 2.75) is 11.8 Å². The number of alkyl halides is 1. The lowest BCUT2D eigenvalue weighted by Gasteiger charge is -2.14. The molecular formula is C14H9Br2Cl2F. The molecule has 0 aliphatic carbocycles. The number of benzene rings is 2. The number of halogens is 5. The highest BCUT2D eigenvalue weighted by atomic mass is 79.9. The van der Waals surface area contributed by atoms with Crippen molar-refractivity contribution in [3.63, 3.8) is 0 Å². The van der Waals surface area contributed by atoms with Crippen molar-refractivity contribution in [1.29, 1.82) is 0 Å². The Morgan fingerprint density at radius 1 is 1.11 bits per heavy atom. The Labute approximate surface area is 138 Å². The molecule has 0 aromatic heterocycles. The first-order valence-electron chi connectivity index (χ1n) is 5.44. The molecule has 0 amide bonds. The number of hydrogen-bond donors (Lipinski definition) is 0. The van der Waals surface area contributed by atoms with E-state index in [2.05, 4.69) is 31.9 Å². The van der Waals surface area contributed by atoms with E-state index in [9.17, 15) is 4.39 Å². The third-order valence-electron chi connectivity index (χ3n) is 2.67. The van der Waals surface area contributed by atoms with Crippen LogP contribution in [0.3, 0.4) is 0 Å². The molecular weight excluding hydrogens is 418 g/mol. The quantitative estimate of drug-likeness (QED) is 0.370. The maximum Gasteiger partial charge on any atom is 0.129 e. The zero-order valence-electron chi connectivity index (χ0n) is 9.85. The normalized spacial score (nSPS) is 12.5. The van der Waals surface area contributed by atoms with E-state index in [4.69, 9.17) is 23.2 Å². The van der Waals surface area contributed by atoms with E-state index in [-0.39, 0.29) is 10.6 Å². The van der Waals surface area contributed by atoms with Crippen LogP contribution in [-0.4, -0.2) is 0 Å². The molecule has 0 N–H and O–H groups in total. The van der Waals surface area contributed by atoms with Gasteiger partial charge in [-0.05, 0) is 58.2 Å². The average Bonchev–Trinajstić information content (AvgIpc) is 2.31. The van der Waals surface area contributed by atoms with E-state index >= 15 is 0 Å². The summed E-state index contributed by atoms with van der Waals surface area (Å²) in [5, 5.41) is 1.10. The van der Waals surface area contributed by atoms with Gasteiger partial charge in [0.1, 0.15) is 5.82 Å². The first kappa shape index (κ1) is 15.3. The van der Waals surface area contributed by atoms with Gasteiger partial charge in [0.25, 0.3) is 0 Å². The molecule has 0 aliphatic rings. The van der Waals surface area contributed by atoms with Gasteiger partial charge >= 0.3 is 0 Å². The largest absolute Gasteiger partial charge is 0.207 e. The third-order valence-corrected chi connectivity index (χ3v) is 5.11. The van der Waals surface area contributed by atoms with E-state index in [1.54, 1.807) is 6.07 Å². The van der Waals surface area contributed by atoms with Crippen molar-refractivity contribution < 1.29 is 4.39 Å². The summed E-state index contributed by atoms with van der Waals surface area (Å²) in [5.74, 6) is -0.323. The zero-order chi connectivity index (χ0) is 14.2.